The highest BCUT2D eigenvalue weighted by atomic mass is 79.9. The van der Waals surface area contributed by atoms with Crippen molar-refractivity contribution in [2.45, 2.75) is 19.5 Å². The Bertz CT molecular complexity index is 333. The fourth-order valence-electron chi connectivity index (χ4n) is 1.48. The lowest BCUT2D eigenvalue weighted by Gasteiger charge is -2.14. The van der Waals surface area contributed by atoms with Crippen LogP contribution < -0.4 is 10.1 Å². The molecule has 90 valence electrons. The predicted molar refractivity (Wildman–Crippen MR) is 75.4 cm³/mol. The van der Waals surface area contributed by atoms with Crippen LogP contribution in [-0.4, -0.2) is 25.2 Å². The Labute approximate surface area is 110 Å². The van der Waals surface area contributed by atoms with Gasteiger partial charge < -0.3 is 10.1 Å². The van der Waals surface area contributed by atoms with Gasteiger partial charge in [-0.05, 0) is 31.4 Å². The lowest BCUT2D eigenvalue weighted by Crippen LogP contribution is -2.27. The normalized spacial score (nSPS) is 12.5. The third kappa shape index (κ3) is 4.36. The highest BCUT2D eigenvalue weighted by molar-refractivity contribution is 9.10. The van der Waals surface area contributed by atoms with E-state index in [1.807, 2.05) is 23.9 Å². The van der Waals surface area contributed by atoms with E-state index in [1.165, 1.54) is 5.56 Å². The Morgan fingerprint density at radius 3 is 2.88 bits per heavy atom. The van der Waals surface area contributed by atoms with Gasteiger partial charge in [0.2, 0.25) is 0 Å². The average Bonchev–Trinajstić information content (AvgIpc) is 2.27. The molecule has 0 amide bonds. The second-order valence-corrected chi connectivity index (χ2v) is 5.52. The van der Waals surface area contributed by atoms with Crippen LogP contribution in [0.5, 0.6) is 5.75 Å². The lowest BCUT2D eigenvalue weighted by atomic mass is 10.2. The Balaban J connectivity index is 2.61. The first kappa shape index (κ1) is 13.9. The summed E-state index contributed by atoms with van der Waals surface area (Å²) in [5, 5.41) is 3.48. The van der Waals surface area contributed by atoms with Gasteiger partial charge in [-0.25, -0.2) is 0 Å². The van der Waals surface area contributed by atoms with Crippen LogP contribution in [0.4, 0.5) is 0 Å². The maximum absolute atomic E-state index is 5.33. The van der Waals surface area contributed by atoms with E-state index in [1.54, 1.807) is 7.11 Å². The molecular weight excluding hydrogens is 286 g/mol. The summed E-state index contributed by atoms with van der Waals surface area (Å²) in [5.74, 6) is 2.06. The second-order valence-electron chi connectivity index (χ2n) is 3.69. The summed E-state index contributed by atoms with van der Waals surface area (Å²) in [6.07, 6.45) is 2.12. The SMILES string of the molecule is COc1ccc(Br)cc1CNC(C)CSC. The molecule has 2 nitrogen and oxygen atoms in total. The Hall–Kier alpha value is -0.190. The van der Waals surface area contributed by atoms with E-state index in [2.05, 4.69) is 40.5 Å². The van der Waals surface area contributed by atoms with Crippen molar-refractivity contribution in [2.75, 3.05) is 19.1 Å². The Morgan fingerprint density at radius 1 is 1.50 bits per heavy atom. The quantitative estimate of drug-likeness (QED) is 0.871. The number of methoxy groups -OCH3 is 1. The summed E-state index contributed by atoms with van der Waals surface area (Å²) in [7, 11) is 1.71. The summed E-state index contributed by atoms with van der Waals surface area (Å²) in [6, 6.07) is 6.59. The first-order valence-electron chi connectivity index (χ1n) is 5.22. The molecule has 1 N–H and O–H groups in total. The highest BCUT2D eigenvalue weighted by Crippen LogP contribution is 2.22. The summed E-state index contributed by atoms with van der Waals surface area (Å²) < 4.78 is 6.41. The zero-order valence-corrected chi connectivity index (χ0v) is 12.3. The highest BCUT2D eigenvalue weighted by Gasteiger charge is 2.05. The molecule has 0 saturated heterocycles. The topological polar surface area (TPSA) is 21.3 Å². The van der Waals surface area contributed by atoms with E-state index in [-0.39, 0.29) is 0 Å². The van der Waals surface area contributed by atoms with Gasteiger partial charge in [0.15, 0.2) is 0 Å². The molecule has 1 atom stereocenters. The van der Waals surface area contributed by atoms with Crippen molar-refractivity contribution in [3.8, 4) is 5.75 Å². The van der Waals surface area contributed by atoms with Crippen LogP contribution in [0, 0.1) is 0 Å². The van der Waals surface area contributed by atoms with Gasteiger partial charge in [0.25, 0.3) is 0 Å². The van der Waals surface area contributed by atoms with Crippen LogP contribution in [0.15, 0.2) is 22.7 Å². The molecule has 0 heterocycles. The number of rotatable bonds is 6. The largest absolute Gasteiger partial charge is 0.496 e. The number of thioether (sulfide) groups is 1. The van der Waals surface area contributed by atoms with Gasteiger partial charge in [-0.3, -0.25) is 0 Å². The van der Waals surface area contributed by atoms with E-state index >= 15 is 0 Å². The molecule has 0 aliphatic rings. The molecule has 4 heteroatoms. The summed E-state index contributed by atoms with van der Waals surface area (Å²) >= 11 is 5.33. The van der Waals surface area contributed by atoms with E-state index in [0.29, 0.717) is 6.04 Å². The Morgan fingerprint density at radius 2 is 2.25 bits per heavy atom. The van der Waals surface area contributed by atoms with Crippen molar-refractivity contribution < 1.29 is 4.74 Å². The van der Waals surface area contributed by atoms with Gasteiger partial charge in [-0.15, -0.1) is 0 Å². The molecule has 0 fully saturated rings. The molecule has 1 aromatic rings. The number of hydrogen-bond acceptors (Lipinski definition) is 3. The molecule has 0 aromatic heterocycles. The third-order valence-corrected chi connectivity index (χ3v) is 3.63. The van der Waals surface area contributed by atoms with E-state index in [9.17, 15) is 0 Å². The van der Waals surface area contributed by atoms with Crippen molar-refractivity contribution in [3.63, 3.8) is 0 Å². The summed E-state index contributed by atoms with van der Waals surface area (Å²) in [5.41, 5.74) is 1.19. The van der Waals surface area contributed by atoms with Crippen molar-refractivity contribution in [1.82, 2.24) is 5.32 Å². The molecule has 1 aromatic carbocycles. The van der Waals surface area contributed by atoms with Gasteiger partial charge in [0, 0.05) is 28.4 Å². The second kappa shape index (κ2) is 7.20. The molecule has 0 bridgehead atoms. The molecule has 0 radical (unpaired) electrons. The lowest BCUT2D eigenvalue weighted by molar-refractivity contribution is 0.406. The van der Waals surface area contributed by atoms with E-state index < -0.39 is 0 Å². The minimum atomic E-state index is 0.513. The maximum atomic E-state index is 5.33. The van der Waals surface area contributed by atoms with Gasteiger partial charge >= 0.3 is 0 Å². The van der Waals surface area contributed by atoms with Gasteiger partial charge in [-0.1, -0.05) is 15.9 Å². The van der Waals surface area contributed by atoms with E-state index in [0.717, 1.165) is 22.5 Å². The maximum Gasteiger partial charge on any atom is 0.123 e. The number of ether oxygens (including phenoxy) is 1. The number of halogens is 1. The van der Waals surface area contributed by atoms with Gasteiger partial charge in [-0.2, -0.15) is 11.8 Å². The van der Waals surface area contributed by atoms with Crippen molar-refractivity contribution >= 4 is 27.7 Å². The fraction of sp³-hybridized carbons (Fsp3) is 0.500. The molecule has 1 rings (SSSR count). The monoisotopic (exact) mass is 303 g/mol. The molecule has 16 heavy (non-hydrogen) atoms. The summed E-state index contributed by atoms with van der Waals surface area (Å²) in [4.78, 5) is 0. The average molecular weight is 304 g/mol. The minimum Gasteiger partial charge on any atom is -0.496 e. The Kier molecular flexibility index (Phi) is 6.24. The molecule has 0 aliphatic carbocycles. The number of benzene rings is 1. The summed E-state index contributed by atoms with van der Waals surface area (Å²) in [6.45, 7) is 3.03. The molecule has 0 aliphatic heterocycles. The first-order chi connectivity index (χ1) is 7.67. The van der Waals surface area contributed by atoms with Crippen molar-refractivity contribution in [3.05, 3.63) is 28.2 Å². The van der Waals surface area contributed by atoms with Gasteiger partial charge in [0.05, 0.1) is 7.11 Å². The standard InChI is InChI=1S/C12H18BrNOS/c1-9(8-16-3)14-7-10-6-11(13)4-5-12(10)15-2/h4-6,9,14H,7-8H2,1-3H3. The smallest absolute Gasteiger partial charge is 0.123 e. The predicted octanol–water partition coefficient (Wildman–Crippen LogP) is 3.30. The molecule has 0 saturated carbocycles. The van der Waals surface area contributed by atoms with E-state index in [4.69, 9.17) is 4.74 Å². The minimum absolute atomic E-state index is 0.513. The van der Waals surface area contributed by atoms with Crippen LogP contribution in [-0.2, 0) is 6.54 Å². The van der Waals surface area contributed by atoms with Crippen LogP contribution in [0.1, 0.15) is 12.5 Å². The number of hydrogen-bond donors (Lipinski definition) is 1. The molecule has 0 spiro atoms. The first-order valence-corrected chi connectivity index (χ1v) is 7.40. The molecular formula is C12H18BrNOS. The zero-order chi connectivity index (χ0) is 12.0. The van der Waals surface area contributed by atoms with Crippen LogP contribution >= 0.6 is 27.7 Å². The number of nitrogens with one attached hydrogen (secondary N) is 1. The van der Waals surface area contributed by atoms with Crippen LogP contribution in [0.2, 0.25) is 0 Å². The van der Waals surface area contributed by atoms with Gasteiger partial charge in [0.1, 0.15) is 5.75 Å². The molecule has 1 unspecified atom stereocenters. The van der Waals surface area contributed by atoms with Crippen LogP contribution in [0.3, 0.4) is 0 Å². The van der Waals surface area contributed by atoms with Crippen LogP contribution in [0.25, 0.3) is 0 Å². The van der Waals surface area contributed by atoms with Crippen molar-refractivity contribution in [1.29, 1.82) is 0 Å². The third-order valence-electron chi connectivity index (χ3n) is 2.30. The fourth-order valence-corrected chi connectivity index (χ4v) is 2.50. The zero-order valence-electron chi connectivity index (χ0n) is 9.92. The van der Waals surface area contributed by atoms with Crippen molar-refractivity contribution in [2.24, 2.45) is 0 Å².